The number of carbonyl (C=O) groups is 3. The summed E-state index contributed by atoms with van der Waals surface area (Å²) in [6.45, 7) is 22.3. The summed E-state index contributed by atoms with van der Waals surface area (Å²) >= 11 is 0. The Labute approximate surface area is 462 Å². The van der Waals surface area contributed by atoms with Crippen molar-refractivity contribution in [2.24, 2.45) is 14.1 Å². The summed E-state index contributed by atoms with van der Waals surface area (Å²) in [7, 11) is 3.71. The number of urea groups is 2. The van der Waals surface area contributed by atoms with E-state index in [4.69, 9.17) is 24.2 Å². The molecule has 10 rings (SSSR count). The summed E-state index contributed by atoms with van der Waals surface area (Å²) in [5.41, 5.74) is 8.40. The highest BCUT2D eigenvalue weighted by molar-refractivity contribution is 5.77. The van der Waals surface area contributed by atoms with Crippen LogP contribution in [0, 0.1) is 0 Å². The Kier molecular flexibility index (Phi) is 16.6. The van der Waals surface area contributed by atoms with E-state index in [1.165, 1.54) is 5.56 Å². The van der Waals surface area contributed by atoms with Gasteiger partial charge in [0.1, 0.15) is 5.60 Å². The van der Waals surface area contributed by atoms with Crippen molar-refractivity contribution in [1.82, 2.24) is 70.1 Å². The number of likely N-dealkylation sites (tertiary alicyclic amines) is 2. The van der Waals surface area contributed by atoms with Gasteiger partial charge >= 0.3 is 18.2 Å². The molecule has 22 nitrogen and oxygen atoms in total. The van der Waals surface area contributed by atoms with Crippen LogP contribution in [-0.4, -0.2) is 154 Å². The number of benzene rings is 2. The molecule has 6 aromatic rings. The maximum absolute atomic E-state index is 13.3. The van der Waals surface area contributed by atoms with Crippen LogP contribution in [0.5, 0.6) is 0 Å². The van der Waals surface area contributed by atoms with Crippen LogP contribution in [0.3, 0.4) is 0 Å². The number of fused-ring (bicyclic) bond motifs is 2. The van der Waals surface area contributed by atoms with Crippen LogP contribution in [0.15, 0.2) is 85.7 Å². The van der Waals surface area contributed by atoms with Gasteiger partial charge in [0.25, 0.3) is 0 Å². The van der Waals surface area contributed by atoms with Crippen molar-refractivity contribution in [3.05, 3.63) is 108 Å². The van der Waals surface area contributed by atoms with E-state index >= 15 is 0 Å². The maximum Gasteiger partial charge on any atom is 0.410 e. The van der Waals surface area contributed by atoms with Gasteiger partial charge in [-0.1, -0.05) is 24.3 Å². The zero-order chi connectivity index (χ0) is 56.2. The lowest BCUT2D eigenvalue weighted by Crippen LogP contribution is -2.59. The Balaban J connectivity index is 0.000000195. The summed E-state index contributed by atoms with van der Waals surface area (Å²) in [5, 5.41) is 24.6. The molecule has 2 aromatic carbocycles. The molecular weight excluding hydrogens is 1000 g/mol. The van der Waals surface area contributed by atoms with E-state index in [9.17, 15) is 14.4 Å². The molecule has 0 radical (unpaired) electrons. The minimum Gasteiger partial charge on any atom is -0.444 e. The van der Waals surface area contributed by atoms with Crippen molar-refractivity contribution in [3.8, 4) is 22.5 Å². The monoisotopic (exact) mass is 1080 g/mol. The van der Waals surface area contributed by atoms with E-state index in [1.807, 2.05) is 118 Å². The lowest BCUT2D eigenvalue weighted by Gasteiger charge is -2.42. The SMILES string of the molecule is Cn1cc(Nc2nccc(-c3ccc4c(c3)CCN(C(=O)OC(C)(C)C)CC4NC(=O)N3CC(OC(C)(C)C)C3)n2)cn1.Cn1cc(Nc2nccc(-c3ccc4c(c3)CCNCC4NC(=O)N3CC(OC(C)(C)C)C3)n2)cn1. The van der Waals surface area contributed by atoms with Gasteiger partial charge in [0.05, 0.1) is 96.8 Å². The van der Waals surface area contributed by atoms with Gasteiger partial charge in [-0.3, -0.25) is 9.36 Å². The van der Waals surface area contributed by atoms with E-state index in [1.54, 1.807) is 44.0 Å². The second kappa shape index (κ2) is 23.3. The summed E-state index contributed by atoms with van der Waals surface area (Å²) in [6, 6.07) is 15.5. The molecule has 0 aliphatic carbocycles. The Morgan fingerprint density at radius 1 is 0.595 bits per heavy atom. The predicted molar refractivity (Wildman–Crippen MR) is 301 cm³/mol. The van der Waals surface area contributed by atoms with Crippen LogP contribution in [-0.2, 0) is 41.1 Å². The molecule has 2 atom stereocenters. The topological polar surface area (TPSA) is 236 Å². The summed E-state index contributed by atoms with van der Waals surface area (Å²) in [6.07, 6.45) is 11.8. The fourth-order valence-electron chi connectivity index (χ4n) is 9.86. The molecule has 2 saturated heterocycles. The smallest absolute Gasteiger partial charge is 0.410 e. The highest BCUT2D eigenvalue weighted by Gasteiger charge is 2.38. The summed E-state index contributed by atoms with van der Waals surface area (Å²) in [5.74, 6) is 0.982. The number of amides is 5. The van der Waals surface area contributed by atoms with Gasteiger partial charge in [-0.2, -0.15) is 10.2 Å². The van der Waals surface area contributed by atoms with Gasteiger partial charge in [-0.05, 0) is 128 Å². The molecule has 79 heavy (non-hydrogen) atoms. The minimum atomic E-state index is -0.629. The van der Waals surface area contributed by atoms with Gasteiger partial charge in [0.15, 0.2) is 0 Å². The molecule has 5 N–H and O–H groups in total. The Bertz CT molecular complexity index is 3110. The van der Waals surface area contributed by atoms with Gasteiger partial charge < -0.3 is 55.5 Å². The molecule has 4 aromatic heterocycles. The van der Waals surface area contributed by atoms with Crippen LogP contribution in [0.25, 0.3) is 22.5 Å². The van der Waals surface area contributed by atoms with Crippen LogP contribution in [0.2, 0.25) is 0 Å². The average Bonchev–Trinajstić information content (AvgIpc) is 3.85. The van der Waals surface area contributed by atoms with Crippen LogP contribution in [0.4, 0.5) is 37.7 Å². The normalized spacial score (nSPS) is 17.8. The number of hydrogen-bond donors (Lipinski definition) is 5. The number of aromatic nitrogens is 8. The van der Waals surface area contributed by atoms with Gasteiger partial charge in [0.2, 0.25) is 11.9 Å². The van der Waals surface area contributed by atoms with Crippen molar-refractivity contribution in [3.63, 3.8) is 0 Å². The van der Waals surface area contributed by atoms with Crippen LogP contribution in [0.1, 0.15) is 96.7 Å². The third kappa shape index (κ3) is 15.1. The Hall–Kier alpha value is -7.69. The van der Waals surface area contributed by atoms with E-state index < -0.39 is 17.7 Å². The first-order valence-electron chi connectivity index (χ1n) is 27.0. The Morgan fingerprint density at radius 3 is 1.54 bits per heavy atom. The number of ether oxygens (including phenoxy) is 3. The number of nitrogens with zero attached hydrogens (tertiary/aromatic N) is 11. The quantitative estimate of drug-likeness (QED) is 0.0885. The molecule has 0 saturated carbocycles. The van der Waals surface area contributed by atoms with Crippen molar-refractivity contribution >= 4 is 41.4 Å². The zero-order valence-electron chi connectivity index (χ0n) is 47.3. The molecular formula is C57H76N16O6. The summed E-state index contributed by atoms with van der Waals surface area (Å²) < 4.78 is 21.1. The number of nitrogens with one attached hydrogen (secondary N) is 5. The molecule has 2 unspecified atom stereocenters. The second-order valence-electron chi connectivity index (χ2n) is 23.6. The van der Waals surface area contributed by atoms with Crippen molar-refractivity contribution in [1.29, 1.82) is 0 Å². The molecule has 8 heterocycles. The number of carbonyl (C=O) groups excluding carboxylic acids is 3. The Morgan fingerprint density at radius 2 is 1.08 bits per heavy atom. The molecule has 420 valence electrons. The first-order chi connectivity index (χ1) is 37.5. The molecule has 22 heteroatoms. The minimum absolute atomic E-state index is 0.0124. The first-order valence-corrected chi connectivity index (χ1v) is 27.0. The standard InChI is InChI=1S/C31H42N8O4.C26H34N8O2/c1-30(2,3)42-23-17-39(18-23)28(40)36-26-19-38(29(41)43-31(4,5)6)13-11-20-14-21(8-9-24(20)26)25-10-12-32-27(35-25)34-22-15-33-37(7)16-22;1-26(2,3)36-20-15-34(16-20)25(35)32-23-13-27-9-7-17-11-18(5-6-21(17)23)22-8-10-28-24(31-22)30-19-12-29-33(4)14-19/h8-10,12,14-16,23,26H,11,13,17-19H2,1-7H3,(H,36,40)(H,32,34,35);5-6,8,10-12,14,20,23,27H,7,9,13,15-16H2,1-4H3,(H,32,35)(H,28,30,31). The van der Waals surface area contributed by atoms with E-state index in [0.29, 0.717) is 64.1 Å². The van der Waals surface area contributed by atoms with Gasteiger partial charge in [-0.25, -0.2) is 34.3 Å². The zero-order valence-corrected chi connectivity index (χ0v) is 47.3. The number of rotatable bonds is 10. The summed E-state index contributed by atoms with van der Waals surface area (Å²) in [4.78, 5) is 62.7. The highest BCUT2D eigenvalue weighted by atomic mass is 16.6. The first kappa shape index (κ1) is 56.0. The fourth-order valence-corrected chi connectivity index (χ4v) is 9.86. The second-order valence-corrected chi connectivity index (χ2v) is 23.6. The lowest BCUT2D eigenvalue weighted by atomic mass is 9.96. The van der Waals surface area contributed by atoms with E-state index in [2.05, 4.69) is 71.0 Å². The van der Waals surface area contributed by atoms with Crippen molar-refractivity contribution < 1.29 is 28.6 Å². The van der Waals surface area contributed by atoms with E-state index in [0.717, 1.165) is 63.5 Å². The van der Waals surface area contributed by atoms with Crippen LogP contribution >= 0.6 is 0 Å². The lowest BCUT2D eigenvalue weighted by molar-refractivity contribution is -0.111. The predicted octanol–water partition coefficient (Wildman–Crippen LogP) is 7.68. The molecule has 4 aliphatic rings. The number of hydrogen-bond acceptors (Lipinski definition) is 15. The highest BCUT2D eigenvalue weighted by Crippen LogP contribution is 2.32. The van der Waals surface area contributed by atoms with Gasteiger partial charge in [0, 0.05) is 69.6 Å². The third-order valence-corrected chi connectivity index (χ3v) is 13.4. The van der Waals surface area contributed by atoms with Crippen LogP contribution < -0.4 is 26.6 Å². The largest absolute Gasteiger partial charge is 0.444 e. The average molecular weight is 1080 g/mol. The molecule has 2 fully saturated rings. The maximum atomic E-state index is 13.3. The molecule has 5 amide bonds. The molecule has 0 bridgehead atoms. The molecule has 0 spiro atoms. The molecule has 4 aliphatic heterocycles. The number of anilines is 4. The fraction of sp³-hybridized carbons (Fsp3) is 0.491. The van der Waals surface area contributed by atoms with Gasteiger partial charge in [-0.15, -0.1) is 0 Å². The number of aryl methyl sites for hydroxylation is 2. The van der Waals surface area contributed by atoms with Crippen molar-refractivity contribution in [2.75, 3.05) is 63.0 Å². The third-order valence-electron chi connectivity index (χ3n) is 13.4. The van der Waals surface area contributed by atoms with Crippen molar-refractivity contribution in [2.45, 2.75) is 116 Å². The van der Waals surface area contributed by atoms with E-state index in [-0.39, 0.29) is 41.5 Å².